The number of Topliss-reactive ketones (excluding diaryl/α,β-unsaturated/α-hetero) is 1. The van der Waals surface area contributed by atoms with Crippen LogP contribution in [0.3, 0.4) is 0 Å². The first-order valence-corrected chi connectivity index (χ1v) is 8.99. The van der Waals surface area contributed by atoms with Gasteiger partial charge in [0, 0.05) is 29.0 Å². The van der Waals surface area contributed by atoms with Crippen LogP contribution in [0, 0.1) is 21.4 Å². The molecular weight excluding hydrogens is 405 g/mol. The maximum absolute atomic E-state index is 12.4. The van der Waals surface area contributed by atoms with E-state index < -0.39 is 16.7 Å². The van der Waals surface area contributed by atoms with E-state index in [4.69, 9.17) is 23.2 Å². The van der Waals surface area contributed by atoms with Crippen molar-refractivity contribution in [2.75, 3.05) is 5.32 Å². The molecule has 1 atom stereocenters. The van der Waals surface area contributed by atoms with Crippen molar-refractivity contribution < 1.29 is 14.5 Å². The fourth-order valence-electron chi connectivity index (χ4n) is 2.57. The first-order chi connectivity index (χ1) is 13.3. The Morgan fingerprint density at radius 3 is 2.54 bits per heavy atom. The largest absolute Gasteiger partial charge is 0.320 e. The summed E-state index contributed by atoms with van der Waals surface area (Å²) < 4.78 is 0. The van der Waals surface area contributed by atoms with Gasteiger partial charge in [-0.3, -0.25) is 19.7 Å². The van der Waals surface area contributed by atoms with Crippen molar-refractivity contribution in [1.29, 1.82) is 5.26 Å². The number of rotatable bonds is 8. The summed E-state index contributed by atoms with van der Waals surface area (Å²) in [4.78, 5) is 34.8. The zero-order valence-electron chi connectivity index (χ0n) is 14.5. The van der Waals surface area contributed by atoms with Gasteiger partial charge in [-0.05, 0) is 30.2 Å². The van der Waals surface area contributed by atoms with Crippen LogP contribution in [0.25, 0.3) is 0 Å². The number of para-hydroxylation sites is 2. The lowest BCUT2D eigenvalue weighted by atomic mass is 9.93. The molecule has 0 aliphatic rings. The Balaban J connectivity index is 1.93. The minimum absolute atomic E-state index is 0.0124. The normalized spacial score (nSPS) is 11.3. The third-order valence-corrected chi connectivity index (χ3v) is 4.49. The van der Waals surface area contributed by atoms with Crippen LogP contribution in [0.5, 0.6) is 0 Å². The first kappa shape index (κ1) is 21.4. The summed E-state index contributed by atoms with van der Waals surface area (Å²) in [5, 5.41) is 23.4. The van der Waals surface area contributed by atoms with Gasteiger partial charge in [-0.15, -0.1) is 0 Å². The molecule has 0 aliphatic heterocycles. The highest BCUT2D eigenvalue weighted by molar-refractivity contribution is 6.35. The summed E-state index contributed by atoms with van der Waals surface area (Å²) >= 11 is 11.9. The third-order valence-electron chi connectivity index (χ3n) is 3.93. The second-order valence-corrected chi connectivity index (χ2v) is 6.71. The number of nitro groups is 1. The zero-order chi connectivity index (χ0) is 20.7. The SMILES string of the molecule is N#C[C@@H](C(=O)CCCC(=O)Nc1ccccc1[N+](=O)[O-])c1ccc(Cl)cc1Cl. The minimum Gasteiger partial charge on any atom is -0.320 e. The summed E-state index contributed by atoms with van der Waals surface area (Å²) in [7, 11) is 0. The Bertz CT molecular complexity index is 956. The van der Waals surface area contributed by atoms with Crippen molar-refractivity contribution in [3.05, 3.63) is 68.2 Å². The lowest BCUT2D eigenvalue weighted by Crippen LogP contribution is -2.15. The predicted octanol–water partition coefficient (Wildman–Crippen LogP) is 4.89. The predicted molar refractivity (Wildman–Crippen MR) is 105 cm³/mol. The van der Waals surface area contributed by atoms with Crippen molar-refractivity contribution in [3.8, 4) is 6.07 Å². The molecule has 9 heteroatoms. The first-order valence-electron chi connectivity index (χ1n) is 8.24. The molecular formula is C19H15Cl2N3O4. The molecule has 0 aromatic heterocycles. The van der Waals surface area contributed by atoms with Gasteiger partial charge in [-0.25, -0.2) is 0 Å². The summed E-state index contributed by atoms with van der Waals surface area (Å²) in [5.74, 6) is -1.88. The molecule has 1 N–H and O–H groups in total. The molecule has 0 aliphatic carbocycles. The van der Waals surface area contributed by atoms with Crippen LogP contribution in [-0.4, -0.2) is 16.6 Å². The van der Waals surface area contributed by atoms with E-state index in [0.717, 1.165) is 0 Å². The molecule has 0 radical (unpaired) electrons. The van der Waals surface area contributed by atoms with Gasteiger partial charge in [0.15, 0.2) is 5.78 Å². The molecule has 7 nitrogen and oxygen atoms in total. The van der Waals surface area contributed by atoms with Crippen molar-refractivity contribution in [2.45, 2.75) is 25.2 Å². The van der Waals surface area contributed by atoms with Gasteiger partial charge in [0.1, 0.15) is 11.6 Å². The van der Waals surface area contributed by atoms with Crippen LogP contribution in [0.4, 0.5) is 11.4 Å². The van der Waals surface area contributed by atoms with Crippen LogP contribution in [0.15, 0.2) is 42.5 Å². The van der Waals surface area contributed by atoms with Crippen LogP contribution in [0.1, 0.15) is 30.7 Å². The average molecular weight is 420 g/mol. The number of halogens is 2. The van der Waals surface area contributed by atoms with E-state index in [1.807, 2.05) is 6.07 Å². The van der Waals surface area contributed by atoms with Gasteiger partial charge in [0.05, 0.1) is 11.0 Å². The fraction of sp³-hybridized carbons (Fsp3) is 0.211. The highest BCUT2D eigenvalue weighted by atomic mass is 35.5. The summed E-state index contributed by atoms with van der Waals surface area (Å²) in [6.07, 6.45) is 0.153. The lowest BCUT2D eigenvalue weighted by Gasteiger charge is -2.11. The van der Waals surface area contributed by atoms with Gasteiger partial charge in [0.2, 0.25) is 5.91 Å². The quantitative estimate of drug-likeness (QED) is 0.483. The van der Waals surface area contributed by atoms with Crippen LogP contribution < -0.4 is 5.32 Å². The number of hydrogen-bond donors (Lipinski definition) is 1. The second-order valence-electron chi connectivity index (χ2n) is 5.87. The molecule has 2 rings (SSSR count). The van der Waals surface area contributed by atoms with Gasteiger partial charge in [-0.1, -0.05) is 41.4 Å². The van der Waals surface area contributed by atoms with Gasteiger partial charge in [0.25, 0.3) is 5.69 Å². The monoisotopic (exact) mass is 419 g/mol. The van der Waals surface area contributed by atoms with E-state index in [9.17, 15) is 25.0 Å². The Labute approximate surface area is 171 Å². The number of anilines is 1. The van der Waals surface area contributed by atoms with E-state index in [1.54, 1.807) is 12.1 Å². The molecule has 0 saturated heterocycles. The van der Waals surface area contributed by atoms with E-state index >= 15 is 0 Å². The summed E-state index contributed by atoms with van der Waals surface area (Å²) in [5.41, 5.74) is 0.239. The number of nitriles is 1. The molecule has 0 spiro atoms. The Morgan fingerprint density at radius 1 is 1.18 bits per heavy atom. The highest BCUT2D eigenvalue weighted by Gasteiger charge is 2.23. The molecule has 28 heavy (non-hydrogen) atoms. The molecule has 0 unspecified atom stereocenters. The number of nitro benzene ring substituents is 1. The van der Waals surface area contributed by atoms with E-state index in [2.05, 4.69) is 5.32 Å². The highest BCUT2D eigenvalue weighted by Crippen LogP contribution is 2.29. The molecule has 0 bridgehead atoms. The standard InChI is InChI=1S/C19H15Cl2N3O4/c20-12-8-9-13(15(21)10-12)14(11-22)18(25)6-3-7-19(26)23-16-4-1-2-5-17(16)24(27)28/h1-2,4-5,8-10,14H,3,6-7H2,(H,23,26)/t14-/m1/s1. The maximum Gasteiger partial charge on any atom is 0.292 e. The van der Waals surface area contributed by atoms with Crippen LogP contribution >= 0.6 is 23.2 Å². The zero-order valence-corrected chi connectivity index (χ0v) is 16.0. The molecule has 2 aromatic carbocycles. The molecule has 144 valence electrons. The van der Waals surface area contributed by atoms with E-state index in [1.165, 1.54) is 30.3 Å². The van der Waals surface area contributed by atoms with E-state index in [-0.39, 0.29) is 41.4 Å². The molecule has 0 fully saturated rings. The van der Waals surface area contributed by atoms with Gasteiger partial charge >= 0.3 is 0 Å². The van der Waals surface area contributed by atoms with Gasteiger partial charge < -0.3 is 5.32 Å². The number of benzene rings is 2. The van der Waals surface area contributed by atoms with Crippen molar-refractivity contribution in [3.63, 3.8) is 0 Å². The topological polar surface area (TPSA) is 113 Å². The van der Waals surface area contributed by atoms with Crippen molar-refractivity contribution in [2.24, 2.45) is 0 Å². The third kappa shape index (κ3) is 5.52. The van der Waals surface area contributed by atoms with Crippen LogP contribution in [-0.2, 0) is 9.59 Å². The number of carbonyl (C=O) groups excluding carboxylic acids is 2. The lowest BCUT2D eigenvalue weighted by molar-refractivity contribution is -0.383. The average Bonchev–Trinajstić information content (AvgIpc) is 2.64. The minimum atomic E-state index is -1.05. The number of amides is 1. The van der Waals surface area contributed by atoms with Crippen molar-refractivity contribution in [1.82, 2.24) is 0 Å². The maximum atomic E-state index is 12.4. The van der Waals surface area contributed by atoms with E-state index in [0.29, 0.717) is 10.6 Å². The Kier molecular flexibility index (Phi) is 7.50. The summed E-state index contributed by atoms with van der Waals surface area (Å²) in [6.45, 7) is 0. The Morgan fingerprint density at radius 2 is 1.89 bits per heavy atom. The Hall–Kier alpha value is -2.95. The molecule has 1 amide bonds. The molecule has 2 aromatic rings. The molecule has 0 heterocycles. The number of nitrogens with one attached hydrogen (secondary N) is 1. The van der Waals surface area contributed by atoms with Crippen molar-refractivity contribution >= 4 is 46.3 Å². The smallest absolute Gasteiger partial charge is 0.292 e. The number of hydrogen-bond acceptors (Lipinski definition) is 5. The second kappa shape index (κ2) is 9.83. The van der Waals surface area contributed by atoms with Crippen LogP contribution in [0.2, 0.25) is 10.0 Å². The number of carbonyl (C=O) groups is 2. The molecule has 0 saturated carbocycles. The number of ketones is 1. The summed E-state index contributed by atoms with van der Waals surface area (Å²) in [6, 6.07) is 12.2. The number of nitrogens with zero attached hydrogens (tertiary/aromatic N) is 2. The van der Waals surface area contributed by atoms with Gasteiger partial charge in [-0.2, -0.15) is 5.26 Å². The fourth-order valence-corrected chi connectivity index (χ4v) is 3.09.